The second kappa shape index (κ2) is 12.0. The van der Waals surface area contributed by atoms with E-state index in [1.165, 1.54) is 27.8 Å². The summed E-state index contributed by atoms with van der Waals surface area (Å²) in [6.45, 7) is 4.16. The third-order valence-corrected chi connectivity index (χ3v) is 8.95. The molecule has 0 bridgehead atoms. The number of halogens is 1. The number of benzene rings is 2. The molecule has 36 heavy (non-hydrogen) atoms. The number of carbonyl (C=O) groups excluding carboxylic acids is 1. The molecule has 196 valence electrons. The van der Waals surface area contributed by atoms with Gasteiger partial charge < -0.3 is 9.64 Å². The van der Waals surface area contributed by atoms with Gasteiger partial charge in [-0.25, -0.2) is 13.4 Å². The van der Waals surface area contributed by atoms with E-state index in [1.54, 1.807) is 24.1 Å². The van der Waals surface area contributed by atoms with Crippen LogP contribution in [0.4, 0.5) is 5.13 Å². The molecule has 4 rings (SSSR count). The predicted octanol–water partition coefficient (Wildman–Crippen LogP) is 4.03. The third kappa shape index (κ3) is 6.42. The van der Waals surface area contributed by atoms with E-state index in [2.05, 4.69) is 6.07 Å². The average Bonchev–Trinajstić information content (AvgIpc) is 3.48. The Bertz CT molecular complexity index is 1290. The fourth-order valence-electron chi connectivity index (χ4n) is 4.00. The molecule has 0 N–H and O–H groups in total. The van der Waals surface area contributed by atoms with Crippen molar-refractivity contribution in [3.05, 3.63) is 53.6 Å². The van der Waals surface area contributed by atoms with Crippen LogP contribution in [0, 0.1) is 6.92 Å². The van der Waals surface area contributed by atoms with Crippen molar-refractivity contribution in [1.29, 1.82) is 0 Å². The van der Waals surface area contributed by atoms with Gasteiger partial charge in [0.15, 0.2) is 5.13 Å². The molecule has 8 nitrogen and oxygen atoms in total. The Labute approximate surface area is 223 Å². The summed E-state index contributed by atoms with van der Waals surface area (Å²) in [5, 5.41) is 0.630. The average molecular weight is 553 g/mol. The zero-order valence-corrected chi connectivity index (χ0v) is 23.5. The van der Waals surface area contributed by atoms with Crippen molar-refractivity contribution in [3.63, 3.8) is 0 Å². The van der Waals surface area contributed by atoms with Gasteiger partial charge in [0.05, 0.1) is 21.2 Å². The number of aryl methyl sites for hydroxylation is 1. The van der Waals surface area contributed by atoms with Crippen LogP contribution in [-0.4, -0.2) is 82.0 Å². The number of amides is 1. The van der Waals surface area contributed by atoms with Crippen molar-refractivity contribution in [2.75, 3.05) is 52.3 Å². The molecule has 1 saturated heterocycles. The standard InChI is InChI=1S/C25H32N4O4S2.ClH/c1-18-7-12-22-23(16-18)34-25(26-22)29(14-13-27(2)3)24(30)19-8-10-21(11-9-19)35(31,32)28(4)17-20-6-5-15-33-20;/h7-12,16,20H,5-6,13-15,17H2,1-4H3;1H. The Morgan fingerprint density at radius 2 is 1.83 bits per heavy atom. The van der Waals surface area contributed by atoms with Crippen LogP contribution in [0.1, 0.15) is 28.8 Å². The van der Waals surface area contributed by atoms with Crippen LogP contribution < -0.4 is 4.90 Å². The Kier molecular flexibility index (Phi) is 9.48. The van der Waals surface area contributed by atoms with Crippen molar-refractivity contribution < 1.29 is 17.9 Å². The molecule has 1 atom stereocenters. The fourth-order valence-corrected chi connectivity index (χ4v) is 6.29. The van der Waals surface area contributed by atoms with Crippen LogP contribution in [-0.2, 0) is 14.8 Å². The zero-order valence-electron chi connectivity index (χ0n) is 21.0. The van der Waals surface area contributed by atoms with Gasteiger partial charge in [0, 0.05) is 38.9 Å². The summed E-state index contributed by atoms with van der Waals surface area (Å²) < 4.78 is 34.0. The minimum atomic E-state index is -3.67. The number of fused-ring (bicyclic) bond motifs is 1. The minimum Gasteiger partial charge on any atom is -0.377 e. The Morgan fingerprint density at radius 1 is 1.11 bits per heavy atom. The van der Waals surface area contributed by atoms with Gasteiger partial charge in [-0.1, -0.05) is 17.4 Å². The van der Waals surface area contributed by atoms with Gasteiger partial charge in [-0.05, 0) is 75.8 Å². The highest BCUT2D eigenvalue weighted by atomic mass is 35.5. The Balaban J connectivity index is 0.00000361. The molecule has 2 heterocycles. The number of aromatic nitrogens is 1. The smallest absolute Gasteiger partial charge is 0.260 e. The number of hydrogen-bond acceptors (Lipinski definition) is 7. The molecule has 1 fully saturated rings. The van der Waals surface area contributed by atoms with Gasteiger partial charge in [-0.15, -0.1) is 12.4 Å². The molecule has 0 saturated carbocycles. The van der Waals surface area contributed by atoms with E-state index in [0.717, 1.165) is 28.6 Å². The lowest BCUT2D eigenvalue weighted by atomic mass is 10.2. The molecule has 1 aromatic heterocycles. The van der Waals surface area contributed by atoms with E-state index >= 15 is 0 Å². The van der Waals surface area contributed by atoms with Gasteiger partial charge in [-0.3, -0.25) is 9.69 Å². The summed E-state index contributed by atoms with van der Waals surface area (Å²) in [6.07, 6.45) is 1.74. The highest BCUT2D eigenvalue weighted by Crippen LogP contribution is 2.30. The highest BCUT2D eigenvalue weighted by molar-refractivity contribution is 7.89. The molecule has 1 aliphatic rings. The van der Waals surface area contributed by atoms with Crippen LogP contribution in [0.25, 0.3) is 10.2 Å². The van der Waals surface area contributed by atoms with Gasteiger partial charge in [-0.2, -0.15) is 4.31 Å². The lowest BCUT2D eigenvalue weighted by molar-refractivity contribution is 0.0978. The summed E-state index contributed by atoms with van der Waals surface area (Å²) in [6, 6.07) is 12.2. The zero-order chi connectivity index (χ0) is 25.2. The minimum absolute atomic E-state index is 0. The van der Waals surface area contributed by atoms with E-state index in [4.69, 9.17) is 9.72 Å². The Morgan fingerprint density at radius 3 is 2.47 bits per heavy atom. The second-order valence-corrected chi connectivity index (χ2v) is 12.2. The van der Waals surface area contributed by atoms with E-state index in [-0.39, 0.29) is 29.3 Å². The molecule has 0 radical (unpaired) electrons. The molecule has 2 aromatic carbocycles. The molecular weight excluding hydrogens is 520 g/mol. The summed E-state index contributed by atoms with van der Waals surface area (Å²) in [4.78, 5) is 22.1. The maximum absolute atomic E-state index is 13.5. The number of thiazole rings is 1. The largest absolute Gasteiger partial charge is 0.377 e. The maximum Gasteiger partial charge on any atom is 0.260 e. The van der Waals surface area contributed by atoms with Gasteiger partial charge in [0.25, 0.3) is 5.91 Å². The highest BCUT2D eigenvalue weighted by Gasteiger charge is 2.27. The lowest BCUT2D eigenvalue weighted by Crippen LogP contribution is -2.37. The van der Waals surface area contributed by atoms with Gasteiger partial charge in [0.1, 0.15) is 0 Å². The lowest BCUT2D eigenvalue weighted by Gasteiger charge is -2.22. The molecule has 1 aliphatic heterocycles. The van der Waals surface area contributed by atoms with Crippen LogP contribution in [0.3, 0.4) is 0 Å². The topological polar surface area (TPSA) is 83.1 Å². The molecule has 0 aliphatic carbocycles. The number of anilines is 1. The van der Waals surface area contributed by atoms with Crippen molar-refractivity contribution in [2.45, 2.75) is 30.8 Å². The van der Waals surface area contributed by atoms with Crippen LogP contribution >= 0.6 is 23.7 Å². The van der Waals surface area contributed by atoms with Crippen LogP contribution in [0.15, 0.2) is 47.4 Å². The second-order valence-electron chi connectivity index (χ2n) is 9.17. The number of ether oxygens (including phenoxy) is 1. The van der Waals surface area contributed by atoms with Gasteiger partial charge >= 0.3 is 0 Å². The Hall–Kier alpha value is -2.08. The molecule has 0 spiro atoms. The van der Waals surface area contributed by atoms with Crippen molar-refractivity contribution >= 4 is 55.0 Å². The predicted molar refractivity (Wildman–Crippen MR) is 147 cm³/mol. The molecular formula is C25H33ClN4O4S2. The first-order valence-corrected chi connectivity index (χ1v) is 13.9. The van der Waals surface area contributed by atoms with Crippen molar-refractivity contribution in [1.82, 2.24) is 14.2 Å². The first-order chi connectivity index (χ1) is 16.6. The van der Waals surface area contributed by atoms with Crippen LogP contribution in [0.2, 0.25) is 0 Å². The SMILES string of the molecule is Cc1ccc2nc(N(CCN(C)C)C(=O)c3ccc(S(=O)(=O)N(C)CC4CCCO4)cc3)sc2c1.Cl. The van der Waals surface area contributed by atoms with E-state index in [1.807, 2.05) is 38.1 Å². The summed E-state index contributed by atoms with van der Waals surface area (Å²) >= 11 is 1.48. The third-order valence-electron chi connectivity index (χ3n) is 6.07. The number of rotatable bonds is 9. The first-order valence-electron chi connectivity index (χ1n) is 11.7. The number of sulfonamides is 1. The maximum atomic E-state index is 13.5. The number of nitrogens with zero attached hydrogens (tertiary/aromatic N) is 4. The van der Waals surface area contributed by atoms with Crippen LogP contribution in [0.5, 0.6) is 0 Å². The summed E-state index contributed by atoms with van der Waals surface area (Å²) in [5.74, 6) is -0.209. The normalized spacial score (nSPS) is 16.0. The van der Waals surface area contributed by atoms with Gasteiger partial charge in [0.2, 0.25) is 10.0 Å². The molecule has 11 heteroatoms. The monoisotopic (exact) mass is 552 g/mol. The number of likely N-dealkylation sites (N-methyl/N-ethyl adjacent to an activating group) is 2. The molecule has 1 amide bonds. The van der Waals surface area contributed by atoms with E-state index < -0.39 is 10.0 Å². The number of hydrogen-bond donors (Lipinski definition) is 0. The van der Waals surface area contributed by atoms with Crippen molar-refractivity contribution in [2.24, 2.45) is 0 Å². The summed E-state index contributed by atoms with van der Waals surface area (Å²) in [5.41, 5.74) is 2.41. The fraction of sp³-hybridized carbons (Fsp3) is 0.440. The van der Waals surface area contributed by atoms with E-state index in [0.29, 0.717) is 36.9 Å². The molecule has 1 unspecified atom stereocenters. The van der Waals surface area contributed by atoms with Crippen molar-refractivity contribution in [3.8, 4) is 0 Å². The van der Waals surface area contributed by atoms with E-state index in [9.17, 15) is 13.2 Å². The summed E-state index contributed by atoms with van der Waals surface area (Å²) in [7, 11) is 1.80. The molecule has 3 aromatic rings. The first kappa shape index (κ1) is 28.5. The number of carbonyl (C=O) groups is 1. The quantitative estimate of drug-likeness (QED) is 0.398.